The first-order chi connectivity index (χ1) is 12.5. The lowest BCUT2D eigenvalue weighted by Gasteiger charge is -2.07. The quantitative estimate of drug-likeness (QED) is 0.405. The maximum absolute atomic E-state index is 11.2. The summed E-state index contributed by atoms with van der Waals surface area (Å²) in [6, 6.07) is 1.44. The monoisotopic (exact) mass is 562 g/mol. The molecule has 0 amide bonds. The van der Waals surface area contributed by atoms with E-state index in [0.29, 0.717) is 10.2 Å². The molecule has 0 aliphatic carbocycles. The molecule has 0 aromatic carbocycles. The molecule has 2 aromatic rings. The summed E-state index contributed by atoms with van der Waals surface area (Å²) >= 11 is 23.1. The third-order valence-corrected chi connectivity index (χ3v) is 5.37. The number of rotatable bonds is 2. The molecule has 2 rings (SSSR count). The molecule has 4 N–H and O–H groups in total. The van der Waals surface area contributed by atoms with Gasteiger partial charge in [-0.15, -0.1) is 0 Å². The van der Waals surface area contributed by atoms with Gasteiger partial charge in [-0.2, -0.15) is 0 Å². The molecule has 0 unspecified atom stereocenters. The van der Waals surface area contributed by atoms with E-state index in [1.807, 2.05) is 0 Å². The molecule has 0 saturated heterocycles. The van der Waals surface area contributed by atoms with Crippen LogP contribution < -0.4 is 11.5 Å². The Morgan fingerprint density at radius 1 is 0.963 bits per heavy atom. The summed E-state index contributed by atoms with van der Waals surface area (Å²) in [4.78, 5) is 29.8. The zero-order chi connectivity index (χ0) is 20.9. The number of pyridine rings is 2. The smallest absolute Gasteiger partial charge is 0.357 e. The van der Waals surface area contributed by atoms with Crippen molar-refractivity contribution >= 4 is 90.0 Å². The lowest BCUT2D eigenvalue weighted by atomic mass is 10.3. The fourth-order valence-corrected chi connectivity index (χ4v) is 2.96. The molecule has 0 saturated carbocycles. The molecule has 0 bridgehead atoms. The number of carbonyl (C=O) groups excluding carboxylic acids is 2. The molecule has 13 heteroatoms. The highest BCUT2D eigenvalue weighted by atomic mass is 79.9. The van der Waals surface area contributed by atoms with Crippen molar-refractivity contribution in [2.24, 2.45) is 0 Å². The van der Waals surface area contributed by atoms with Crippen molar-refractivity contribution in [2.75, 3.05) is 25.7 Å². The number of hydrogen-bond donors (Lipinski definition) is 2. The lowest BCUT2D eigenvalue weighted by Crippen LogP contribution is -2.08. The molecular formula is C14H11Br2Cl3N4O4. The topological polar surface area (TPSA) is 130 Å². The minimum absolute atomic E-state index is 0.000556. The van der Waals surface area contributed by atoms with E-state index in [9.17, 15) is 9.59 Å². The number of anilines is 2. The van der Waals surface area contributed by atoms with Crippen molar-refractivity contribution in [3.05, 3.63) is 41.7 Å². The van der Waals surface area contributed by atoms with Gasteiger partial charge in [0.1, 0.15) is 10.2 Å². The van der Waals surface area contributed by atoms with Gasteiger partial charge < -0.3 is 20.9 Å². The Morgan fingerprint density at radius 2 is 1.44 bits per heavy atom. The number of methoxy groups -OCH3 is 2. The van der Waals surface area contributed by atoms with Crippen LogP contribution in [-0.4, -0.2) is 36.1 Å². The minimum Gasteiger partial charge on any atom is -0.464 e. The molecule has 27 heavy (non-hydrogen) atoms. The Balaban J connectivity index is 0.000000271. The van der Waals surface area contributed by atoms with E-state index in [0.717, 1.165) is 0 Å². The number of halogens is 5. The zero-order valence-corrected chi connectivity index (χ0v) is 19.1. The molecule has 0 fully saturated rings. The van der Waals surface area contributed by atoms with E-state index in [-0.39, 0.29) is 36.9 Å². The Morgan fingerprint density at radius 3 is 1.93 bits per heavy atom. The van der Waals surface area contributed by atoms with E-state index >= 15 is 0 Å². The van der Waals surface area contributed by atoms with Crippen LogP contribution in [0.4, 0.5) is 11.4 Å². The van der Waals surface area contributed by atoms with Crippen molar-refractivity contribution in [2.45, 2.75) is 0 Å². The van der Waals surface area contributed by atoms with Crippen LogP contribution in [0, 0.1) is 0 Å². The lowest BCUT2D eigenvalue weighted by molar-refractivity contribution is 0.0584. The summed E-state index contributed by atoms with van der Waals surface area (Å²) in [5.74, 6) is -1.22. The Bertz CT molecular complexity index is 899. The van der Waals surface area contributed by atoms with Gasteiger partial charge in [0.25, 0.3) is 0 Å². The van der Waals surface area contributed by atoms with Crippen LogP contribution in [0.1, 0.15) is 21.0 Å². The maximum atomic E-state index is 11.2. The van der Waals surface area contributed by atoms with Gasteiger partial charge in [-0.25, -0.2) is 19.6 Å². The van der Waals surface area contributed by atoms with Crippen molar-refractivity contribution in [3.63, 3.8) is 0 Å². The van der Waals surface area contributed by atoms with E-state index in [4.69, 9.17) is 46.3 Å². The summed E-state index contributed by atoms with van der Waals surface area (Å²) in [6.45, 7) is 0. The van der Waals surface area contributed by atoms with Crippen LogP contribution in [0.5, 0.6) is 0 Å². The van der Waals surface area contributed by atoms with E-state index in [1.165, 1.54) is 20.3 Å². The van der Waals surface area contributed by atoms with Crippen LogP contribution >= 0.6 is 66.7 Å². The van der Waals surface area contributed by atoms with Crippen molar-refractivity contribution in [1.29, 1.82) is 0 Å². The third-order valence-electron chi connectivity index (χ3n) is 2.78. The number of nitrogens with two attached hydrogens (primary N) is 2. The maximum Gasteiger partial charge on any atom is 0.357 e. The van der Waals surface area contributed by atoms with Gasteiger partial charge in [0.05, 0.1) is 34.5 Å². The van der Waals surface area contributed by atoms with E-state index in [2.05, 4.69) is 51.3 Å². The third kappa shape index (κ3) is 5.82. The number of nitrogens with zero attached hydrogens (tertiary/aromatic N) is 2. The van der Waals surface area contributed by atoms with Gasteiger partial charge in [0.2, 0.25) is 0 Å². The molecule has 0 aliphatic rings. The van der Waals surface area contributed by atoms with Crippen LogP contribution in [0.2, 0.25) is 15.3 Å². The second-order valence-corrected chi connectivity index (χ2v) is 7.18. The molecule has 0 aliphatic heterocycles. The highest BCUT2D eigenvalue weighted by molar-refractivity contribution is 9.11. The predicted molar refractivity (Wildman–Crippen MR) is 110 cm³/mol. The normalized spacial score (nSPS) is 9.89. The average Bonchev–Trinajstić information content (AvgIpc) is 2.65. The van der Waals surface area contributed by atoms with Crippen molar-refractivity contribution in [1.82, 2.24) is 9.97 Å². The van der Waals surface area contributed by atoms with Gasteiger partial charge in [0, 0.05) is 0 Å². The summed E-state index contributed by atoms with van der Waals surface area (Å²) < 4.78 is 9.63. The van der Waals surface area contributed by atoms with Gasteiger partial charge in [-0.3, -0.25) is 0 Å². The van der Waals surface area contributed by atoms with Crippen LogP contribution in [0.15, 0.2) is 15.0 Å². The van der Waals surface area contributed by atoms with Crippen molar-refractivity contribution < 1.29 is 19.1 Å². The molecule has 2 aromatic heterocycles. The Labute approximate surface area is 185 Å². The SMILES string of the molecule is COC(=O)c1nc(Cl)c(Cl)c(N)c1Br.COC(=O)c1nc(Cl)cc(N)c1Br. The number of ether oxygens (including phenoxy) is 2. The van der Waals surface area contributed by atoms with Crippen LogP contribution in [0.25, 0.3) is 0 Å². The second-order valence-electron chi connectivity index (χ2n) is 4.47. The first-order valence-electron chi connectivity index (χ1n) is 6.63. The number of carbonyl (C=O) groups is 2. The van der Waals surface area contributed by atoms with Gasteiger partial charge in [-0.05, 0) is 37.9 Å². The minimum atomic E-state index is -0.637. The molecule has 2 heterocycles. The molecule has 146 valence electrons. The highest BCUT2D eigenvalue weighted by Crippen LogP contribution is 2.34. The summed E-state index contributed by atoms with van der Waals surface area (Å²) in [5.41, 5.74) is 11.7. The standard InChI is InChI=1S/C7H5BrCl2N2O2.C7H6BrClN2O2/c1-14-7(13)5-2(8)4(11)3(9)6(10)12-5;1-13-7(12)6-5(8)3(10)2-4(9)11-6/h1H3,(H2,11,12);2H,1H3,(H2,10,11). The summed E-state index contributed by atoms with van der Waals surface area (Å²) in [5, 5.41) is 0.222. The number of nitrogen functional groups attached to an aromatic ring is 2. The number of esters is 2. The molecule has 0 radical (unpaired) electrons. The highest BCUT2D eigenvalue weighted by Gasteiger charge is 2.19. The van der Waals surface area contributed by atoms with Crippen LogP contribution in [0.3, 0.4) is 0 Å². The summed E-state index contributed by atoms with van der Waals surface area (Å²) in [6.07, 6.45) is 0. The van der Waals surface area contributed by atoms with Gasteiger partial charge in [-0.1, -0.05) is 34.8 Å². The zero-order valence-electron chi connectivity index (χ0n) is 13.6. The molecule has 0 spiro atoms. The first kappa shape index (κ1) is 23.7. The largest absolute Gasteiger partial charge is 0.464 e. The number of aromatic nitrogens is 2. The number of hydrogen-bond acceptors (Lipinski definition) is 8. The predicted octanol–water partition coefficient (Wildman–Crippen LogP) is 4.39. The molecule has 8 nitrogen and oxygen atoms in total. The summed E-state index contributed by atoms with van der Waals surface area (Å²) in [7, 11) is 2.49. The van der Waals surface area contributed by atoms with Gasteiger partial charge >= 0.3 is 11.9 Å². The fraction of sp³-hybridized carbons (Fsp3) is 0.143. The molecule has 0 atom stereocenters. The second kappa shape index (κ2) is 10.3. The average molecular weight is 565 g/mol. The molecular weight excluding hydrogens is 554 g/mol. The van der Waals surface area contributed by atoms with E-state index in [1.54, 1.807) is 0 Å². The van der Waals surface area contributed by atoms with Crippen LogP contribution in [-0.2, 0) is 9.47 Å². The van der Waals surface area contributed by atoms with Crippen molar-refractivity contribution in [3.8, 4) is 0 Å². The Kier molecular flexibility index (Phi) is 9.03. The fourth-order valence-electron chi connectivity index (χ4n) is 1.51. The Hall–Kier alpha value is -1.33. The van der Waals surface area contributed by atoms with Gasteiger partial charge in [0.15, 0.2) is 16.5 Å². The van der Waals surface area contributed by atoms with E-state index < -0.39 is 11.9 Å². The first-order valence-corrected chi connectivity index (χ1v) is 9.35.